The highest BCUT2D eigenvalue weighted by Gasteiger charge is 2.14. The number of ether oxygens (including phenoxy) is 1. The number of carbonyl (C=O) groups excluding carboxylic acids is 3. The Morgan fingerprint density at radius 3 is 2.43 bits per heavy atom. The number of ketones is 1. The fourth-order valence-corrected chi connectivity index (χ4v) is 2.62. The molecule has 1 aromatic heterocycles. The van der Waals surface area contributed by atoms with Crippen molar-refractivity contribution in [1.29, 1.82) is 0 Å². The van der Waals surface area contributed by atoms with E-state index < -0.39 is 5.97 Å². The van der Waals surface area contributed by atoms with Crippen molar-refractivity contribution in [3.05, 3.63) is 53.6 Å². The number of Topliss-reactive ketones (excluding diaryl/α,β-unsaturated/α-hetero) is 1. The van der Waals surface area contributed by atoms with Gasteiger partial charge in [-0.25, -0.2) is 9.48 Å². The Hall–Kier alpha value is -3.55. The zero-order valence-electron chi connectivity index (χ0n) is 15.6. The van der Waals surface area contributed by atoms with Gasteiger partial charge in [0.05, 0.1) is 11.1 Å². The van der Waals surface area contributed by atoms with Gasteiger partial charge in [0.25, 0.3) is 0 Å². The molecule has 0 aliphatic heterocycles. The molecule has 0 fully saturated rings. The van der Waals surface area contributed by atoms with Crippen LogP contribution in [0.25, 0.3) is 11.0 Å². The van der Waals surface area contributed by atoms with Crippen molar-refractivity contribution in [2.24, 2.45) is 0 Å². The molecule has 0 spiro atoms. The van der Waals surface area contributed by atoms with Crippen LogP contribution in [0, 0.1) is 0 Å². The highest BCUT2D eigenvalue weighted by Crippen LogP contribution is 2.15. The first kappa shape index (κ1) is 19.2. The number of amides is 1. The molecule has 3 rings (SSSR count). The summed E-state index contributed by atoms with van der Waals surface area (Å²) in [6.07, 6.45) is 0.372. The molecule has 2 aromatic carbocycles. The maximum Gasteiger partial charge on any atom is 0.338 e. The third-order valence-electron chi connectivity index (χ3n) is 4.20. The molecule has 0 radical (unpaired) electrons. The summed E-state index contributed by atoms with van der Waals surface area (Å²) in [5.41, 5.74) is 2.72. The summed E-state index contributed by atoms with van der Waals surface area (Å²) in [7, 11) is 0. The number of nitrogens with zero attached hydrogens (tertiary/aromatic N) is 3. The standard InChI is InChI=1S/C20H20N4O4/c1-3-19(26)21-15-8-5-13(6-9-15)18(25)12-28-20(27)14-7-10-17-16(11-14)22-23-24(17)4-2/h5-11H,3-4,12H2,1-2H3,(H,21,26). The van der Waals surface area contributed by atoms with Gasteiger partial charge in [0, 0.05) is 24.2 Å². The number of rotatable bonds is 7. The van der Waals surface area contributed by atoms with Gasteiger partial charge in [-0.15, -0.1) is 5.10 Å². The number of aryl methyl sites for hydroxylation is 1. The van der Waals surface area contributed by atoms with E-state index in [9.17, 15) is 14.4 Å². The van der Waals surface area contributed by atoms with Crippen molar-refractivity contribution in [1.82, 2.24) is 15.0 Å². The van der Waals surface area contributed by atoms with Crippen molar-refractivity contribution >= 4 is 34.4 Å². The molecular formula is C20H20N4O4. The van der Waals surface area contributed by atoms with Gasteiger partial charge in [-0.2, -0.15) is 0 Å². The fraction of sp³-hybridized carbons (Fsp3) is 0.250. The Labute approximate surface area is 161 Å². The number of fused-ring (bicyclic) bond motifs is 1. The smallest absolute Gasteiger partial charge is 0.338 e. The second-order valence-corrected chi connectivity index (χ2v) is 6.09. The summed E-state index contributed by atoms with van der Waals surface area (Å²) < 4.78 is 6.85. The summed E-state index contributed by atoms with van der Waals surface area (Å²) in [4.78, 5) is 35.8. The Balaban J connectivity index is 1.61. The van der Waals surface area contributed by atoms with Crippen LogP contribution in [-0.2, 0) is 16.1 Å². The van der Waals surface area contributed by atoms with Crippen LogP contribution < -0.4 is 5.32 Å². The van der Waals surface area contributed by atoms with Crippen molar-refractivity contribution in [3.8, 4) is 0 Å². The summed E-state index contributed by atoms with van der Waals surface area (Å²) in [5.74, 6) is -1.04. The number of hydrogen-bond acceptors (Lipinski definition) is 6. The van der Waals surface area contributed by atoms with Gasteiger partial charge in [-0.05, 0) is 49.4 Å². The quantitative estimate of drug-likeness (QED) is 0.499. The number of aromatic nitrogens is 3. The molecular weight excluding hydrogens is 360 g/mol. The van der Waals surface area contributed by atoms with Crippen LogP contribution in [0.2, 0.25) is 0 Å². The second-order valence-electron chi connectivity index (χ2n) is 6.09. The zero-order chi connectivity index (χ0) is 20.1. The maximum absolute atomic E-state index is 12.2. The van der Waals surface area contributed by atoms with Gasteiger partial charge in [0.1, 0.15) is 5.52 Å². The molecule has 0 atom stereocenters. The highest BCUT2D eigenvalue weighted by atomic mass is 16.5. The number of esters is 1. The van der Waals surface area contributed by atoms with Gasteiger partial charge in [0.15, 0.2) is 12.4 Å². The minimum Gasteiger partial charge on any atom is -0.454 e. The van der Waals surface area contributed by atoms with Gasteiger partial charge in [0.2, 0.25) is 5.91 Å². The Morgan fingerprint density at radius 2 is 1.75 bits per heavy atom. The molecule has 0 aliphatic carbocycles. The molecule has 0 saturated carbocycles. The normalized spacial score (nSPS) is 10.6. The van der Waals surface area contributed by atoms with E-state index in [1.54, 1.807) is 54.1 Å². The fourth-order valence-electron chi connectivity index (χ4n) is 2.62. The number of carbonyl (C=O) groups is 3. The Kier molecular flexibility index (Phi) is 5.78. The van der Waals surface area contributed by atoms with Gasteiger partial charge < -0.3 is 10.1 Å². The van der Waals surface area contributed by atoms with Gasteiger partial charge in [-0.1, -0.05) is 12.1 Å². The average molecular weight is 380 g/mol. The molecule has 1 heterocycles. The Bertz CT molecular complexity index is 1020. The summed E-state index contributed by atoms with van der Waals surface area (Å²) >= 11 is 0. The number of benzene rings is 2. The van der Waals surface area contributed by atoms with Crippen LogP contribution in [0.5, 0.6) is 0 Å². The minimum absolute atomic E-state index is 0.107. The first-order valence-electron chi connectivity index (χ1n) is 8.95. The van der Waals surface area contributed by atoms with E-state index in [-0.39, 0.29) is 18.3 Å². The average Bonchev–Trinajstić information content (AvgIpc) is 3.14. The molecule has 0 bridgehead atoms. The number of hydrogen-bond donors (Lipinski definition) is 1. The summed E-state index contributed by atoms with van der Waals surface area (Å²) in [6.45, 7) is 4.01. The van der Waals surface area contributed by atoms with Crippen LogP contribution >= 0.6 is 0 Å². The van der Waals surface area contributed by atoms with Gasteiger partial charge in [-0.3, -0.25) is 9.59 Å². The molecule has 1 N–H and O–H groups in total. The topological polar surface area (TPSA) is 103 Å². The summed E-state index contributed by atoms with van der Waals surface area (Å²) in [5, 5.41) is 10.7. The zero-order valence-corrected chi connectivity index (χ0v) is 15.6. The van der Waals surface area contributed by atoms with Crippen LogP contribution in [-0.4, -0.2) is 39.3 Å². The predicted octanol–water partition coefficient (Wildman–Crippen LogP) is 2.84. The molecule has 144 valence electrons. The highest BCUT2D eigenvalue weighted by molar-refractivity contribution is 6.00. The van der Waals surface area contributed by atoms with E-state index in [4.69, 9.17) is 4.74 Å². The van der Waals surface area contributed by atoms with Crippen LogP contribution in [0.4, 0.5) is 5.69 Å². The first-order valence-corrected chi connectivity index (χ1v) is 8.95. The molecule has 28 heavy (non-hydrogen) atoms. The van der Waals surface area contributed by atoms with Crippen molar-refractivity contribution in [2.75, 3.05) is 11.9 Å². The molecule has 8 heteroatoms. The van der Waals surface area contributed by atoms with E-state index in [1.807, 2.05) is 6.92 Å². The van der Waals surface area contributed by atoms with E-state index in [0.29, 0.717) is 35.3 Å². The molecule has 0 unspecified atom stereocenters. The third-order valence-corrected chi connectivity index (χ3v) is 4.20. The monoisotopic (exact) mass is 380 g/mol. The van der Waals surface area contributed by atoms with Crippen molar-refractivity contribution in [2.45, 2.75) is 26.8 Å². The van der Waals surface area contributed by atoms with E-state index in [2.05, 4.69) is 15.6 Å². The van der Waals surface area contributed by atoms with Crippen LogP contribution in [0.15, 0.2) is 42.5 Å². The van der Waals surface area contributed by atoms with Crippen LogP contribution in [0.1, 0.15) is 41.0 Å². The van der Waals surface area contributed by atoms with Gasteiger partial charge >= 0.3 is 5.97 Å². The van der Waals surface area contributed by atoms with E-state index in [0.717, 1.165) is 5.52 Å². The second kappa shape index (κ2) is 8.43. The molecule has 0 aliphatic rings. The first-order chi connectivity index (χ1) is 13.5. The molecule has 0 saturated heterocycles. The lowest BCUT2D eigenvalue weighted by atomic mass is 10.1. The molecule has 8 nitrogen and oxygen atoms in total. The number of anilines is 1. The molecule has 1 amide bonds. The molecule has 3 aromatic rings. The van der Waals surface area contributed by atoms with Crippen LogP contribution in [0.3, 0.4) is 0 Å². The SMILES string of the molecule is CCC(=O)Nc1ccc(C(=O)COC(=O)c2ccc3c(c2)nnn3CC)cc1. The minimum atomic E-state index is -0.604. The largest absolute Gasteiger partial charge is 0.454 e. The Morgan fingerprint density at radius 1 is 1.04 bits per heavy atom. The lowest BCUT2D eigenvalue weighted by Crippen LogP contribution is -2.14. The lowest BCUT2D eigenvalue weighted by Gasteiger charge is -2.06. The van der Waals surface area contributed by atoms with E-state index in [1.165, 1.54) is 0 Å². The van der Waals surface area contributed by atoms with Crippen molar-refractivity contribution in [3.63, 3.8) is 0 Å². The number of nitrogens with one attached hydrogen (secondary N) is 1. The predicted molar refractivity (Wildman–Crippen MR) is 103 cm³/mol. The maximum atomic E-state index is 12.2. The third kappa shape index (κ3) is 4.22. The lowest BCUT2D eigenvalue weighted by molar-refractivity contribution is -0.115. The van der Waals surface area contributed by atoms with Crippen molar-refractivity contribution < 1.29 is 19.1 Å². The summed E-state index contributed by atoms with van der Waals surface area (Å²) in [6, 6.07) is 11.4. The van der Waals surface area contributed by atoms with E-state index >= 15 is 0 Å².